The molecule has 1 saturated heterocycles. The van der Waals surface area contributed by atoms with Crippen LogP contribution in [-0.2, 0) is 4.79 Å². The van der Waals surface area contributed by atoms with Crippen LogP contribution in [0, 0.1) is 0 Å². The number of anilines is 1. The highest BCUT2D eigenvalue weighted by molar-refractivity contribution is 7.99. The predicted octanol–water partition coefficient (Wildman–Crippen LogP) is 3.27. The lowest BCUT2D eigenvalue weighted by atomic mass is 9.96. The third kappa shape index (κ3) is 4.60. The summed E-state index contributed by atoms with van der Waals surface area (Å²) in [5.74, 6) is 0.526. The van der Waals surface area contributed by atoms with Gasteiger partial charge in [0.1, 0.15) is 0 Å². The zero-order valence-corrected chi connectivity index (χ0v) is 17.4. The Morgan fingerprint density at radius 1 is 1.14 bits per heavy atom. The van der Waals surface area contributed by atoms with E-state index in [2.05, 4.69) is 26.5 Å². The summed E-state index contributed by atoms with van der Waals surface area (Å²) in [4.78, 5) is 16.9. The molecule has 2 aromatic rings. The van der Waals surface area contributed by atoms with E-state index in [-0.39, 0.29) is 5.91 Å². The number of carbonyl (C=O) groups excluding carboxylic acids is 1. The highest BCUT2D eigenvalue weighted by Crippen LogP contribution is 2.30. The van der Waals surface area contributed by atoms with Crippen LogP contribution in [0.1, 0.15) is 38.1 Å². The smallest absolute Gasteiger partial charge is 0.233 e. The average molecular weight is 421 g/mol. The number of thioether (sulfide) groups is 1. The van der Waals surface area contributed by atoms with E-state index in [0.29, 0.717) is 11.8 Å². The Kier molecular flexibility index (Phi) is 6.36. The Morgan fingerprint density at radius 3 is 2.68 bits per heavy atom. The van der Waals surface area contributed by atoms with Crippen molar-refractivity contribution < 1.29 is 4.79 Å². The molecule has 1 aliphatic carbocycles. The van der Waals surface area contributed by atoms with Crippen LogP contribution in [0.5, 0.6) is 0 Å². The average Bonchev–Trinajstić information content (AvgIpc) is 3.21. The van der Waals surface area contributed by atoms with Gasteiger partial charge in [0, 0.05) is 36.9 Å². The number of benzene rings is 1. The molecule has 1 aromatic heterocycles. The molecule has 2 heterocycles. The minimum absolute atomic E-state index is 0.147. The number of rotatable bonds is 5. The maximum atomic E-state index is 12.7. The number of hydrogen-bond acceptors (Lipinski definition) is 6. The first kappa shape index (κ1) is 19.5. The van der Waals surface area contributed by atoms with E-state index in [1.807, 2.05) is 27.8 Å². The zero-order chi connectivity index (χ0) is 19.3. The van der Waals surface area contributed by atoms with Crippen molar-refractivity contribution in [2.45, 2.75) is 43.3 Å². The third-order valence-electron chi connectivity index (χ3n) is 5.51. The quantitative estimate of drug-likeness (QED) is 0.691. The Bertz CT molecular complexity index is 801. The van der Waals surface area contributed by atoms with Gasteiger partial charge >= 0.3 is 0 Å². The fraction of sp³-hybridized carbons (Fsp3) is 0.579. The van der Waals surface area contributed by atoms with Crippen LogP contribution in [0.2, 0.25) is 5.02 Å². The van der Waals surface area contributed by atoms with E-state index < -0.39 is 0 Å². The van der Waals surface area contributed by atoms with Crippen molar-refractivity contribution in [3.05, 3.63) is 29.3 Å². The van der Waals surface area contributed by atoms with E-state index >= 15 is 0 Å². The summed E-state index contributed by atoms with van der Waals surface area (Å²) in [6.07, 6.45) is 5.99. The number of carbonyl (C=O) groups is 1. The fourth-order valence-electron chi connectivity index (χ4n) is 3.94. The Balaban J connectivity index is 1.28. The lowest BCUT2D eigenvalue weighted by Crippen LogP contribution is -2.49. The summed E-state index contributed by atoms with van der Waals surface area (Å²) in [5.41, 5.74) is 1.11. The van der Waals surface area contributed by atoms with E-state index in [0.717, 1.165) is 54.9 Å². The Labute approximate surface area is 174 Å². The molecule has 0 bridgehead atoms. The molecule has 150 valence electrons. The largest absolute Gasteiger partial charge is 0.368 e. The van der Waals surface area contributed by atoms with Gasteiger partial charge in [0.05, 0.1) is 11.8 Å². The van der Waals surface area contributed by atoms with E-state index in [1.165, 1.54) is 31.0 Å². The van der Waals surface area contributed by atoms with Gasteiger partial charge in [-0.05, 0) is 41.5 Å². The molecule has 2 fully saturated rings. The van der Waals surface area contributed by atoms with Gasteiger partial charge in [-0.15, -0.1) is 5.10 Å². The molecular weight excluding hydrogens is 396 g/mol. The van der Waals surface area contributed by atoms with Crippen molar-refractivity contribution in [3.63, 3.8) is 0 Å². The van der Waals surface area contributed by atoms with Crippen LogP contribution in [-0.4, -0.2) is 62.9 Å². The van der Waals surface area contributed by atoms with Gasteiger partial charge in [-0.2, -0.15) is 0 Å². The zero-order valence-electron chi connectivity index (χ0n) is 15.8. The standard InChI is InChI=1S/C19H25ClN6OS/c20-15-5-4-8-17(13-15)24-9-11-25(12-10-24)18(27)14-28-19-21-22-23-26(19)16-6-2-1-3-7-16/h4-5,8,13,16H,1-3,6-7,9-12,14H2. The summed E-state index contributed by atoms with van der Waals surface area (Å²) in [7, 11) is 0. The normalized spacial score (nSPS) is 18.5. The van der Waals surface area contributed by atoms with Gasteiger partial charge in [-0.25, -0.2) is 4.68 Å². The number of piperazine rings is 1. The summed E-state index contributed by atoms with van der Waals surface area (Å²) < 4.78 is 1.92. The van der Waals surface area contributed by atoms with Crippen LogP contribution >= 0.6 is 23.4 Å². The summed E-state index contributed by atoms with van der Waals surface area (Å²) >= 11 is 7.54. The Morgan fingerprint density at radius 2 is 1.93 bits per heavy atom. The number of nitrogens with zero attached hydrogens (tertiary/aromatic N) is 6. The van der Waals surface area contributed by atoms with Gasteiger partial charge in [0.15, 0.2) is 0 Å². The number of halogens is 1. The summed E-state index contributed by atoms with van der Waals surface area (Å²) in [5, 5.41) is 13.7. The lowest BCUT2D eigenvalue weighted by Gasteiger charge is -2.36. The first-order valence-corrected chi connectivity index (χ1v) is 11.3. The molecule has 0 radical (unpaired) electrons. The first-order chi connectivity index (χ1) is 13.7. The molecule has 0 spiro atoms. The van der Waals surface area contributed by atoms with E-state index in [1.54, 1.807) is 0 Å². The van der Waals surface area contributed by atoms with Crippen molar-refractivity contribution in [2.24, 2.45) is 0 Å². The molecule has 1 aliphatic heterocycles. The maximum absolute atomic E-state index is 12.7. The van der Waals surface area contributed by atoms with Crippen molar-refractivity contribution in [2.75, 3.05) is 36.8 Å². The SMILES string of the molecule is O=C(CSc1nnnn1C1CCCCC1)N1CCN(c2cccc(Cl)c2)CC1. The number of aromatic nitrogens is 4. The van der Waals surface area contributed by atoms with Crippen LogP contribution in [0.3, 0.4) is 0 Å². The lowest BCUT2D eigenvalue weighted by molar-refractivity contribution is -0.128. The van der Waals surface area contributed by atoms with Gasteiger partial charge in [-0.1, -0.05) is 48.7 Å². The van der Waals surface area contributed by atoms with Crippen LogP contribution in [0.15, 0.2) is 29.4 Å². The van der Waals surface area contributed by atoms with Gasteiger partial charge < -0.3 is 9.80 Å². The molecule has 1 aromatic carbocycles. The highest BCUT2D eigenvalue weighted by Gasteiger charge is 2.24. The molecule has 0 atom stereocenters. The minimum Gasteiger partial charge on any atom is -0.368 e. The maximum Gasteiger partial charge on any atom is 0.233 e. The molecule has 28 heavy (non-hydrogen) atoms. The molecule has 9 heteroatoms. The molecule has 0 N–H and O–H groups in total. The number of tetrazole rings is 1. The number of amides is 1. The Hall–Kier alpha value is -1.80. The van der Waals surface area contributed by atoms with Gasteiger partial charge in [-0.3, -0.25) is 4.79 Å². The topological polar surface area (TPSA) is 67.2 Å². The minimum atomic E-state index is 0.147. The first-order valence-electron chi connectivity index (χ1n) is 9.89. The molecule has 1 saturated carbocycles. The van der Waals surface area contributed by atoms with Crippen LogP contribution in [0.25, 0.3) is 0 Å². The van der Waals surface area contributed by atoms with Crippen molar-refractivity contribution in [3.8, 4) is 0 Å². The summed E-state index contributed by atoms with van der Waals surface area (Å²) in [6.45, 7) is 3.08. The number of hydrogen-bond donors (Lipinski definition) is 0. The van der Waals surface area contributed by atoms with E-state index in [9.17, 15) is 4.79 Å². The van der Waals surface area contributed by atoms with Crippen molar-refractivity contribution in [1.29, 1.82) is 0 Å². The molecular formula is C19H25ClN6OS. The second-order valence-electron chi connectivity index (χ2n) is 7.33. The third-order valence-corrected chi connectivity index (χ3v) is 6.67. The molecule has 4 rings (SSSR count). The second-order valence-corrected chi connectivity index (χ2v) is 8.71. The van der Waals surface area contributed by atoms with Crippen molar-refractivity contribution >= 4 is 35.0 Å². The van der Waals surface area contributed by atoms with Gasteiger partial charge in [0.2, 0.25) is 11.1 Å². The molecule has 7 nitrogen and oxygen atoms in total. The second kappa shape index (κ2) is 9.13. The van der Waals surface area contributed by atoms with Crippen LogP contribution < -0.4 is 4.90 Å². The van der Waals surface area contributed by atoms with Crippen LogP contribution in [0.4, 0.5) is 5.69 Å². The monoisotopic (exact) mass is 420 g/mol. The molecule has 2 aliphatic rings. The van der Waals surface area contributed by atoms with E-state index in [4.69, 9.17) is 11.6 Å². The van der Waals surface area contributed by atoms with Gasteiger partial charge in [0.25, 0.3) is 0 Å². The fourth-order valence-corrected chi connectivity index (χ4v) is 4.97. The molecule has 0 unspecified atom stereocenters. The van der Waals surface area contributed by atoms with Crippen molar-refractivity contribution in [1.82, 2.24) is 25.1 Å². The predicted molar refractivity (Wildman–Crippen MR) is 111 cm³/mol. The summed E-state index contributed by atoms with van der Waals surface area (Å²) in [6, 6.07) is 8.25. The highest BCUT2D eigenvalue weighted by atomic mass is 35.5. The molecule has 1 amide bonds.